The second kappa shape index (κ2) is 5.66. The molecule has 0 saturated heterocycles. The van der Waals surface area contributed by atoms with E-state index in [1.54, 1.807) is 0 Å². The molecule has 0 amide bonds. The van der Waals surface area contributed by atoms with Gasteiger partial charge >= 0.3 is 0 Å². The van der Waals surface area contributed by atoms with Crippen LogP contribution in [-0.4, -0.2) is 21.7 Å². The van der Waals surface area contributed by atoms with Crippen LogP contribution in [0.2, 0.25) is 0 Å². The first-order valence-electron chi connectivity index (χ1n) is 5.56. The number of carbonyl (C=O) groups excluding carboxylic acids is 1. The molecule has 98 valence electrons. The first-order valence-corrected chi connectivity index (χ1v) is 6.55. The number of anilines is 1. The van der Waals surface area contributed by atoms with Crippen molar-refractivity contribution < 1.29 is 4.79 Å². The van der Waals surface area contributed by atoms with E-state index in [1.807, 2.05) is 24.3 Å². The fraction of sp³-hybridized carbons (Fsp3) is 0.167. The van der Waals surface area contributed by atoms with Gasteiger partial charge in [-0.3, -0.25) is 10.2 Å². The SMILES string of the molecule is CC(=O)CSC(=N)/N=N/c1[nH]c(N)c2ccccc12. The minimum atomic E-state index is -0.00699. The summed E-state index contributed by atoms with van der Waals surface area (Å²) in [5.74, 6) is 1.26. The van der Waals surface area contributed by atoms with Crippen LogP contribution in [0.3, 0.4) is 0 Å². The van der Waals surface area contributed by atoms with Crippen molar-refractivity contribution in [1.82, 2.24) is 4.98 Å². The van der Waals surface area contributed by atoms with E-state index in [-0.39, 0.29) is 16.7 Å². The maximum atomic E-state index is 10.8. The normalized spacial score (nSPS) is 11.2. The largest absolute Gasteiger partial charge is 0.385 e. The Labute approximate surface area is 114 Å². The number of Topliss-reactive ketones (excluding diaryl/α,β-unsaturated/α-hetero) is 1. The second-order valence-corrected chi connectivity index (χ2v) is 4.89. The van der Waals surface area contributed by atoms with Gasteiger partial charge in [-0.25, -0.2) is 0 Å². The Balaban J connectivity index is 2.17. The van der Waals surface area contributed by atoms with Gasteiger partial charge in [0.25, 0.3) is 0 Å². The highest BCUT2D eigenvalue weighted by Gasteiger charge is 2.06. The number of nitrogens with zero attached hydrogens (tertiary/aromatic N) is 2. The number of nitrogens with one attached hydrogen (secondary N) is 2. The molecule has 0 unspecified atom stereocenters. The zero-order valence-electron chi connectivity index (χ0n) is 10.3. The number of ketones is 1. The zero-order chi connectivity index (χ0) is 13.8. The summed E-state index contributed by atoms with van der Waals surface area (Å²) in [4.78, 5) is 13.7. The summed E-state index contributed by atoms with van der Waals surface area (Å²) in [6, 6.07) is 7.53. The van der Waals surface area contributed by atoms with E-state index in [0.717, 1.165) is 22.5 Å². The molecule has 1 aromatic heterocycles. The monoisotopic (exact) mass is 275 g/mol. The third-order valence-electron chi connectivity index (χ3n) is 2.38. The van der Waals surface area contributed by atoms with Crippen LogP contribution < -0.4 is 5.73 Å². The summed E-state index contributed by atoms with van der Waals surface area (Å²) in [6.45, 7) is 1.47. The van der Waals surface area contributed by atoms with E-state index in [2.05, 4.69) is 15.2 Å². The smallest absolute Gasteiger partial charge is 0.202 e. The van der Waals surface area contributed by atoms with Crippen LogP contribution in [-0.2, 0) is 4.79 Å². The minimum Gasteiger partial charge on any atom is -0.385 e. The molecule has 2 aromatic rings. The van der Waals surface area contributed by atoms with Gasteiger partial charge in [0.05, 0.1) is 5.75 Å². The highest BCUT2D eigenvalue weighted by atomic mass is 32.2. The number of benzene rings is 1. The van der Waals surface area contributed by atoms with Crippen molar-refractivity contribution in [2.75, 3.05) is 11.5 Å². The molecule has 7 heteroatoms. The summed E-state index contributed by atoms with van der Waals surface area (Å²) < 4.78 is 0. The van der Waals surface area contributed by atoms with Gasteiger partial charge in [-0.05, 0) is 6.92 Å². The fourth-order valence-corrected chi connectivity index (χ4v) is 2.00. The van der Waals surface area contributed by atoms with E-state index in [9.17, 15) is 4.79 Å². The quantitative estimate of drug-likeness (QED) is 0.455. The van der Waals surface area contributed by atoms with Crippen molar-refractivity contribution in [1.29, 1.82) is 5.41 Å². The number of H-pyrrole nitrogens is 1. The first kappa shape index (κ1) is 13.3. The van der Waals surface area contributed by atoms with Gasteiger partial charge in [0.2, 0.25) is 5.17 Å². The van der Waals surface area contributed by atoms with Crippen molar-refractivity contribution in [3.8, 4) is 0 Å². The standard InChI is InChI=1S/C12H13N5OS/c1-7(18)6-19-12(14)17-16-11-9-5-3-2-4-8(9)10(13)15-11/h2-5,14-15H,6,13H2,1H3/b14-12?,17-16+. The number of hydrogen-bond acceptors (Lipinski definition) is 5. The maximum absolute atomic E-state index is 10.8. The number of aromatic nitrogens is 1. The number of hydrogen-bond donors (Lipinski definition) is 3. The highest BCUT2D eigenvalue weighted by molar-refractivity contribution is 8.14. The maximum Gasteiger partial charge on any atom is 0.202 e. The van der Waals surface area contributed by atoms with Crippen LogP contribution in [0.5, 0.6) is 0 Å². The number of aromatic amines is 1. The van der Waals surface area contributed by atoms with E-state index in [0.29, 0.717) is 11.6 Å². The molecule has 4 N–H and O–H groups in total. The van der Waals surface area contributed by atoms with Crippen LogP contribution >= 0.6 is 11.8 Å². The number of nitrogens with two attached hydrogens (primary N) is 1. The molecular weight excluding hydrogens is 262 g/mol. The molecule has 2 rings (SSSR count). The van der Waals surface area contributed by atoms with Crippen molar-refractivity contribution in [3.63, 3.8) is 0 Å². The van der Waals surface area contributed by atoms with Gasteiger partial charge in [0, 0.05) is 10.8 Å². The molecule has 0 radical (unpaired) electrons. The lowest BCUT2D eigenvalue weighted by molar-refractivity contribution is -0.114. The summed E-state index contributed by atoms with van der Waals surface area (Å²) in [6.07, 6.45) is 0. The molecule has 19 heavy (non-hydrogen) atoms. The Morgan fingerprint density at radius 3 is 2.79 bits per heavy atom. The van der Waals surface area contributed by atoms with Crippen LogP contribution in [0.4, 0.5) is 11.6 Å². The third-order valence-corrected chi connectivity index (χ3v) is 3.28. The highest BCUT2D eigenvalue weighted by Crippen LogP contribution is 2.30. The number of carbonyl (C=O) groups is 1. The van der Waals surface area contributed by atoms with Gasteiger partial charge < -0.3 is 10.7 Å². The average Bonchev–Trinajstić information content (AvgIpc) is 2.71. The number of amidine groups is 1. The summed E-state index contributed by atoms with van der Waals surface area (Å²) in [5, 5.41) is 17.0. The number of thioether (sulfide) groups is 1. The second-order valence-electron chi connectivity index (χ2n) is 3.93. The molecule has 0 saturated carbocycles. The lowest BCUT2D eigenvalue weighted by atomic mass is 10.2. The predicted molar refractivity (Wildman–Crippen MR) is 78.1 cm³/mol. The van der Waals surface area contributed by atoms with Crippen LogP contribution in [0, 0.1) is 5.41 Å². The Kier molecular flexibility index (Phi) is 3.96. The first-order chi connectivity index (χ1) is 9.08. The summed E-state index contributed by atoms with van der Waals surface area (Å²) >= 11 is 1.04. The Hall–Kier alpha value is -2.15. The van der Waals surface area contributed by atoms with Gasteiger partial charge in [-0.1, -0.05) is 36.0 Å². The van der Waals surface area contributed by atoms with Crippen molar-refractivity contribution in [2.45, 2.75) is 6.92 Å². The molecule has 0 aliphatic carbocycles. The summed E-state index contributed by atoms with van der Waals surface area (Å²) in [7, 11) is 0. The van der Waals surface area contributed by atoms with E-state index in [1.165, 1.54) is 6.92 Å². The number of azo groups is 1. The number of rotatable bonds is 3. The minimum absolute atomic E-state index is 0.000446. The van der Waals surface area contributed by atoms with E-state index in [4.69, 9.17) is 11.1 Å². The number of nitrogen functional groups attached to an aromatic ring is 1. The molecule has 6 nitrogen and oxygen atoms in total. The lowest BCUT2D eigenvalue weighted by Gasteiger charge is -1.93. The predicted octanol–water partition coefficient (Wildman–Crippen LogP) is 3.09. The van der Waals surface area contributed by atoms with Gasteiger partial charge in [0.1, 0.15) is 11.6 Å². The van der Waals surface area contributed by atoms with Crippen LogP contribution in [0.1, 0.15) is 6.92 Å². The van der Waals surface area contributed by atoms with Crippen LogP contribution in [0.15, 0.2) is 34.5 Å². The molecule has 0 bridgehead atoms. The Morgan fingerprint density at radius 1 is 1.42 bits per heavy atom. The molecule has 0 aliphatic rings. The average molecular weight is 275 g/mol. The van der Waals surface area contributed by atoms with E-state index >= 15 is 0 Å². The lowest BCUT2D eigenvalue weighted by Crippen LogP contribution is -1.96. The third kappa shape index (κ3) is 3.19. The zero-order valence-corrected chi connectivity index (χ0v) is 11.1. The molecule has 1 heterocycles. The van der Waals surface area contributed by atoms with E-state index < -0.39 is 0 Å². The van der Waals surface area contributed by atoms with Crippen LogP contribution in [0.25, 0.3) is 10.8 Å². The Bertz CT molecular complexity index is 661. The van der Waals surface area contributed by atoms with Crippen molar-refractivity contribution in [3.05, 3.63) is 24.3 Å². The molecule has 1 aromatic carbocycles. The topological polar surface area (TPSA) is 107 Å². The fourth-order valence-electron chi connectivity index (χ4n) is 1.56. The summed E-state index contributed by atoms with van der Waals surface area (Å²) in [5.41, 5.74) is 5.82. The van der Waals surface area contributed by atoms with Crippen molar-refractivity contribution in [2.24, 2.45) is 10.2 Å². The molecule has 0 fully saturated rings. The molecule has 0 aliphatic heterocycles. The molecule has 0 atom stereocenters. The van der Waals surface area contributed by atoms with Gasteiger partial charge in [-0.15, -0.1) is 10.2 Å². The number of fused-ring (bicyclic) bond motifs is 1. The molecular formula is C12H13N5OS. The van der Waals surface area contributed by atoms with Crippen molar-refractivity contribution >= 4 is 45.1 Å². The van der Waals surface area contributed by atoms with Gasteiger partial charge in [-0.2, -0.15) is 0 Å². The molecule has 0 spiro atoms. The Morgan fingerprint density at radius 2 is 2.11 bits per heavy atom. The van der Waals surface area contributed by atoms with Gasteiger partial charge in [0.15, 0.2) is 5.82 Å².